The predicted octanol–water partition coefficient (Wildman–Crippen LogP) is 3.10. The predicted molar refractivity (Wildman–Crippen MR) is 130 cm³/mol. The Bertz CT molecular complexity index is 797. The molecule has 2 aromatic rings. The zero-order valence-electron chi connectivity index (χ0n) is 17.4. The summed E-state index contributed by atoms with van der Waals surface area (Å²) in [6.45, 7) is 5.25. The Morgan fingerprint density at radius 2 is 2.03 bits per heavy atom. The van der Waals surface area contributed by atoms with Crippen molar-refractivity contribution in [3.63, 3.8) is 0 Å². The van der Waals surface area contributed by atoms with E-state index in [4.69, 9.17) is 0 Å². The molecular formula is C22H31FIN5O. The van der Waals surface area contributed by atoms with Crippen LogP contribution in [0.1, 0.15) is 31.0 Å². The normalized spacial score (nSPS) is 14.9. The molecule has 3 rings (SSSR count). The van der Waals surface area contributed by atoms with Crippen molar-refractivity contribution >= 4 is 35.6 Å². The minimum Gasteiger partial charge on any atom is -0.393 e. The van der Waals surface area contributed by atoms with Gasteiger partial charge in [0.2, 0.25) is 0 Å². The lowest BCUT2D eigenvalue weighted by atomic mass is 10.1. The first kappa shape index (κ1) is 24.3. The van der Waals surface area contributed by atoms with Gasteiger partial charge in [0.1, 0.15) is 5.82 Å². The van der Waals surface area contributed by atoms with Gasteiger partial charge in [-0.15, -0.1) is 24.0 Å². The van der Waals surface area contributed by atoms with E-state index in [0.29, 0.717) is 44.1 Å². The van der Waals surface area contributed by atoms with Gasteiger partial charge in [0.25, 0.3) is 0 Å². The van der Waals surface area contributed by atoms with Crippen LogP contribution in [0.3, 0.4) is 0 Å². The highest BCUT2D eigenvalue weighted by atomic mass is 127. The van der Waals surface area contributed by atoms with Gasteiger partial charge in [-0.05, 0) is 49.6 Å². The summed E-state index contributed by atoms with van der Waals surface area (Å²) in [5, 5.41) is 16.1. The van der Waals surface area contributed by atoms with Crippen LogP contribution < -0.4 is 15.5 Å². The van der Waals surface area contributed by atoms with Gasteiger partial charge >= 0.3 is 0 Å². The number of aromatic nitrogens is 1. The van der Waals surface area contributed by atoms with Crippen molar-refractivity contribution in [3.05, 3.63) is 59.7 Å². The summed E-state index contributed by atoms with van der Waals surface area (Å²) >= 11 is 0. The van der Waals surface area contributed by atoms with E-state index < -0.39 is 0 Å². The molecule has 3 N–H and O–H groups in total. The molecule has 0 unspecified atom stereocenters. The van der Waals surface area contributed by atoms with Gasteiger partial charge in [0.05, 0.1) is 18.3 Å². The van der Waals surface area contributed by atoms with Crippen LogP contribution in [-0.4, -0.2) is 48.3 Å². The van der Waals surface area contributed by atoms with E-state index >= 15 is 0 Å². The first-order valence-corrected chi connectivity index (χ1v) is 10.3. The zero-order chi connectivity index (χ0) is 20.5. The molecule has 0 amide bonds. The highest BCUT2D eigenvalue weighted by molar-refractivity contribution is 14.0. The smallest absolute Gasteiger partial charge is 0.191 e. The molecule has 1 saturated heterocycles. The minimum atomic E-state index is -0.266. The largest absolute Gasteiger partial charge is 0.393 e. The van der Waals surface area contributed by atoms with Crippen LogP contribution in [0.15, 0.2) is 47.6 Å². The highest BCUT2D eigenvalue weighted by Crippen LogP contribution is 2.24. The fraction of sp³-hybridized carbons (Fsp3) is 0.455. The Morgan fingerprint density at radius 3 is 2.70 bits per heavy atom. The number of guanidine groups is 1. The van der Waals surface area contributed by atoms with E-state index in [9.17, 15) is 9.50 Å². The SMILES string of the molecule is CCNC(=NCc1ccc(N2CCC(O)CC2)c(F)c1)NCCc1ccccn1.I. The molecule has 0 aliphatic carbocycles. The number of hydrogen-bond donors (Lipinski definition) is 3. The average Bonchev–Trinajstić information content (AvgIpc) is 2.74. The lowest BCUT2D eigenvalue weighted by Gasteiger charge is -2.31. The average molecular weight is 527 g/mol. The van der Waals surface area contributed by atoms with Gasteiger partial charge in [-0.2, -0.15) is 0 Å². The van der Waals surface area contributed by atoms with Gasteiger partial charge in [-0.25, -0.2) is 9.38 Å². The van der Waals surface area contributed by atoms with E-state index in [-0.39, 0.29) is 35.9 Å². The van der Waals surface area contributed by atoms with Crippen molar-refractivity contribution in [1.29, 1.82) is 0 Å². The third-order valence-corrected chi connectivity index (χ3v) is 4.98. The second-order valence-electron chi connectivity index (χ2n) is 7.20. The molecule has 0 atom stereocenters. The van der Waals surface area contributed by atoms with Crippen molar-refractivity contribution in [1.82, 2.24) is 15.6 Å². The summed E-state index contributed by atoms with van der Waals surface area (Å²) in [5.74, 6) is 0.472. The zero-order valence-corrected chi connectivity index (χ0v) is 19.7. The number of nitrogens with zero attached hydrogens (tertiary/aromatic N) is 3. The molecule has 0 spiro atoms. The second kappa shape index (κ2) is 12.7. The number of hydrogen-bond acceptors (Lipinski definition) is 4. The lowest BCUT2D eigenvalue weighted by Crippen LogP contribution is -2.38. The maximum Gasteiger partial charge on any atom is 0.191 e. The van der Waals surface area contributed by atoms with Crippen LogP contribution in [0.5, 0.6) is 0 Å². The molecule has 0 radical (unpaired) electrons. The monoisotopic (exact) mass is 527 g/mol. The quantitative estimate of drug-likeness (QED) is 0.293. The van der Waals surface area contributed by atoms with Gasteiger partial charge in [-0.1, -0.05) is 12.1 Å². The number of piperidine rings is 1. The number of aliphatic imine (C=N–C) groups is 1. The molecular weight excluding hydrogens is 496 g/mol. The highest BCUT2D eigenvalue weighted by Gasteiger charge is 2.19. The van der Waals surface area contributed by atoms with Crippen molar-refractivity contribution in [2.75, 3.05) is 31.1 Å². The number of pyridine rings is 1. The molecule has 8 heteroatoms. The Morgan fingerprint density at radius 1 is 1.23 bits per heavy atom. The summed E-state index contributed by atoms with van der Waals surface area (Å²) in [5.41, 5.74) is 2.45. The molecule has 1 aliphatic heterocycles. The number of halogens is 2. The van der Waals surface area contributed by atoms with Crippen LogP contribution in [0.25, 0.3) is 0 Å². The number of benzene rings is 1. The van der Waals surface area contributed by atoms with E-state index in [1.54, 1.807) is 12.3 Å². The van der Waals surface area contributed by atoms with Crippen molar-refractivity contribution in [2.24, 2.45) is 4.99 Å². The van der Waals surface area contributed by atoms with Crippen LogP contribution in [0, 0.1) is 5.82 Å². The maximum absolute atomic E-state index is 14.6. The third-order valence-electron chi connectivity index (χ3n) is 4.98. The standard InChI is InChI=1S/C22H30FN5O.HI/c1-2-24-22(26-12-8-18-5-3-4-11-25-18)27-16-17-6-7-21(20(23)15-17)28-13-9-19(29)10-14-28;/h3-7,11,15,19,29H,2,8-10,12-14,16H2,1H3,(H2,24,26,27);1H. The molecule has 0 bridgehead atoms. The molecule has 0 saturated carbocycles. The van der Waals surface area contributed by atoms with Crippen molar-refractivity contribution in [2.45, 2.75) is 38.8 Å². The van der Waals surface area contributed by atoms with Crippen LogP contribution in [-0.2, 0) is 13.0 Å². The molecule has 1 aromatic heterocycles. The number of aliphatic hydroxyl groups is 1. The van der Waals surface area contributed by atoms with E-state index in [2.05, 4.69) is 20.6 Å². The third kappa shape index (κ3) is 7.39. The van der Waals surface area contributed by atoms with Crippen molar-refractivity contribution in [3.8, 4) is 0 Å². The Kier molecular flexibility index (Phi) is 10.3. The Labute approximate surface area is 195 Å². The van der Waals surface area contributed by atoms with Crippen LogP contribution >= 0.6 is 24.0 Å². The van der Waals surface area contributed by atoms with Gasteiger partial charge < -0.3 is 20.6 Å². The number of anilines is 1. The van der Waals surface area contributed by atoms with Crippen LogP contribution in [0.4, 0.5) is 10.1 Å². The molecule has 1 aliphatic rings. The molecule has 1 fully saturated rings. The first-order valence-electron chi connectivity index (χ1n) is 10.3. The molecule has 2 heterocycles. The molecule has 164 valence electrons. The summed E-state index contributed by atoms with van der Waals surface area (Å²) in [6.07, 6.45) is 3.69. The molecule has 6 nitrogen and oxygen atoms in total. The number of rotatable bonds is 7. The summed E-state index contributed by atoms with van der Waals surface area (Å²) < 4.78 is 14.6. The molecule has 30 heavy (non-hydrogen) atoms. The first-order chi connectivity index (χ1) is 14.2. The lowest BCUT2D eigenvalue weighted by molar-refractivity contribution is 0.145. The van der Waals surface area contributed by atoms with E-state index in [1.165, 1.54) is 0 Å². The van der Waals surface area contributed by atoms with Crippen molar-refractivity contribution < 1.29 is 9.50 Å². The molecule has 1 aromatic carbocycles. The topological polar surface area (TPSA) is 72.8 Å². The fourth-order valence-corrected chi connectivity index (χ4v) is 3.38. The number of nitrogens with one attached hydrogen (secondary N) is 2. The van der Waals surface area contributed by atoms with E-state index in [0.717, 1.165) is 30.8 Å². The maximum atomic E-state index is 14.6. The fourth-order valence-electron chi connectivity index (χ4n) is 3.38. The Balaban J connectivity index is 0.00000320. The Hall–Kier alpha value is -1.94. The summed E-state index contributed by atoms with van der Waals surface area (Å²) in [6, 6.07) is 11.2. The minimum absolute atomic E-state index is 0. The van der Waals surface area contributed by atoms with E-state index in [1.807, 2.05) is 42.2 Å². The van der Waals surface area contributed by atoms with Gasteiger partial charge in [-0.3, -0.25) is 4.98 Å². The van der Waals surface area contributed by atoms with Crippen LogP contribution in [0.2, 0.25) is 0 Å². The summed E-state index contributed by atoms with van der Waals surface area (Å²) in [7, 11) is 0. The number of aliphatic hydroxyl groups excluding tert-OH is 1. The second-order valence-corrected chi connectivity index (χ2v) is 7.20. The van der Waals surface area contributed by atoms with Gasteiger partial charge in [0.15, 0.2) is 5.96 Å². The van der Waals surface area contributed by atoms with Gasteiger partial charge in [0, 0.05) is 44.5 Å². The summed E-state index contributed by atoms with van der Waals surface area (Å²) in [4.78, 5) is 10.9.